The average Bonchev–Trinajstić information content (AvgIpc) is 2.86. The number of hydrogen-bond acceptors (Lipinski definition) is 6. The first kappa shape index (κ1) is 19.7. The van der Waals surface area contributed by atoms with E-state index < -0.39 is 5.82 Å². The van der Waals surface area contributed by atoms with Crippen LogP contribution in [-0.4, -0.2) is 30.6 Å². The number of thiocarbonyl (C=S) groups is 1. The van der Waals surface area contributed by atoms with Crippen LogP contribution in [0.4, 0.5) is 4.39 Å². The van der Waals surface area contributed by atoms with Gasteiger partial charge in [-0.3, -0.25) is 9.69 Å². The summed E-state index contributed by atoms with van der Waals surface area (Å²) in [7, 11) is 0. The van der Waals surface area contributed by atoms with Crippen LogP contribution in [0, 0.1) is 5.82 Å². The Kier molecular flexibility index (Phi) is 5.50. The molecule has 3 rings (SSSR count). The lowest BCUT2D eigenvalue weighted by molar-refractivity contribution is -0.125. The molecule has 0 aliphatic carbocycles. The monoisotopic (exact) mass is 423 g/mol. The molecule has 9 heteroatoms. The molecule has 0 atom stereocenters. The third kappa shape index (κ3) is 4.45. The maximum atomic E-state index is 13.6. The van der Waals surface area contributed by atoms with Crippen LogP contribution in [0.3, 0.4) is 0 Å². The van der Waals surface area contributed by atoms with Crippen LogP contribution in [0.1, 0.15) is 26.3 Å². The first-order valence-electron chi connectivity index (χ1n) is 7.89. The number of rotatable bonds is 3. The van der Waals surface area contributed by atoms with Crippen molar-refractivity contribution in [1.29, 1.82) is 0 Å². The van der Waals surface area contributed by atoms with Crippen LogP contribution in [0.2, 0.25) is 5.28 Å². The Hall–Kier alpha value is -2.03. The largest absolute Gasteiger partial charge is 0.436 e. The van der Waals surface area contributed by atoms with E-state index in [0.29, 0.717) is 15.0 Å². The highest BCUT2D eigenvalue weighted by Gasteiger charge is 2.38. The van der Waals surface area contributed by atoms with Gasteiger partial charge in [-0.2, -0.15) is 9.37 Å². The van der Waals surface area contributed by atoms with Crippen molar-refractivity contribution in [3.05, 3.63) is 52.0 Å². The van der Waals surface area contributed by atoms with Gasteiger partial charge in [0.25, 0.3) is 11.8 Å². The van der Waals surface area contributed by atoms with E-state index in [-0.39, 0.29) is 22.6 Å². The van der Waals surface area contributed by atoms with Gasteiger partial charge in [-0.25, -0.2) is 4.98 Å². The summed E-state index contributed by atoms with van der Waals surface area (Å²) in [6.45, 7) is 5.81. The van der Waals surface area contributed by atoms with Crippen molar-refractivity contribution in [3.63, 3.8) is 0 Å². The zero-order valence-electron chi connectivity index (χ0n) is 14.7. The van der Waals surface area contributed by atoms with Gasteiger partial charge in [0, 0.05) is 5.54 Å². The lowest BCUT2D eigenvalue weighted by atomic mass is 10.1. The molecule has 1 aromatic carbocycles. The summed E-state index contributed by atoms with van der Waals surface area (Å²) in [5, 5.41) is -0.108. The van der Waals surface area contributed by atoms with Crippen molar-refractivity contribution in [2.45, 2.75) is 26.3 Å². The van der Waals surface area contributed by atoms with Crippen LogP contribution in [0.25, 0.3) is 6.08 Å². The first-order valence-corrected chi connectivity index (χ1v) is 9.49. The van der Waals surface area contributed by atoms with E-state index in [2.05, 4.69) is 9.97 Å². The summed E-state index contributed by atoms with van der Waals surface area (Å²) in [6.07, 6.45) is 2.70. The fourth-order valence-electron chi connectivity index (χ4n) is 2.34. The minimum atomic E-state index is -0.714. The van der Waals surface area contributed by atoms with Gasteiger partial charge in [-0.05, 0) is 56.1 Å². The Morgan fingerprint density at radius 1 is 1.30 bits per heavy atom. The number of benzene rings is 1. The van der Waals surface area contributed by atoms with Crippen LogP contribution in [0.5, 0.6) is 11.6 Å². The number of thioether (sulfide) groups is 1. The van der Waals surface area contributed by atoms with Gasteiger partial charge in [-0.15, -0.1) is 0 Å². The predicted octanol–water partition coefficient (Wildman–Crippen LogP) is 5.06. The quantitative estimate of drug-likeness (QED) is 0.390. The highest BCUT2D eigenvalue weighted by atomic mass is 35.5. The molecule has 0 saturated carbocycles. The molecule has 27 heavy (non-hydrogen) atoms. The van der Waals surface area contributed by atoms with Crippen LogP contribution in [-0.2, 0) is 4.79 Å². The Bertz CT molecular complexity index is 943. The molecule has 1 amide bonds. The van der Waals surface area contributed by atoms with Gasteiger partial charge in [0.1, 0.15) is 10.1 Å². The van der Waals surface area contributed by atoms with Crippen LogP contribution in [0.15, 0.2) is 35.4 Å². The normalized spacial score (nSPS) is 16.3. The number of halogens is 2. The number of carbonyl (C=O) groups excluding carboxylic acids is 1. The Morgan fingerprint density at radius 3 is 2.56 bits per heavy atom. The molecule has 0 N–H and O–H groups in total. The van der Waals surface area contributed by atoms with Crippen molar-refractivity contribution in [1.82, 2.24) is 14.9 Å². The molecular weight excluding hydrogens is 409 g/mol. The van der Waals surface area contributed by atoms with Gasteiger partial charge in [0.05, 0.1) is 11.1 Å². The minimum absolute atomic E-state index is 0.108. The van der Waals surface area contributed by atoms with Crippen molar-refractivity contribution in [2.24, 2.45) is 0 Å². The molecule has 0 bridgehead atoms. The minimum Gasteiger partial charge on any atom is -0.436 e. The SMILES string of the molecule is CC(C)(C)N1C(=O)/C(=C\c2ccc(Oc3nc(Cl)ncc3F)cc2)SC1=S. The second kappa shape index (κ2) is 7.53. The molecule has 0 radical (unpaired) electrons. The van der Waals surface area contributed by atoms with Crippen molar-refractivity contribution in [2.75, 3.05) is 0 Å². The summed E-state index contributed by atoms with van der Waals surface area (Å²) in [5.41, 5.74) is 0.412. The van der Waals surface area contributed by atoms with E-state index in [9.17, 15) is 9.18 Å². The maximum absolute atomic E-state index is 13.6. The van der Waals surface area contributed by atoms with Crippen molar-refractivity contribution in [3.8, 4) is 11.6 Å². The topological polar surface area (TPSA) is 55.3 Å². The molecule has 2 heterocycles. The summed E-state index contributed by atoms with van der Waals surface area (Å²) in [6, 6.07) is 6.79. The van der Waals surface area contributed by atoms with E-state index in [1.165, 1.54) is 11.8 Å². The maximum Gasteiger partial charge on any atom is 0.266 e. The van der Waals surface area contributed by atoms with Gasteiger partial charge in [0.2, 0.25) is 11.1 Å². The second-order valence-corrected chi connectivity index (χ2v) is 8.66. The number of amides is 1. The lowest BCUT2D eigenvalue weighted by Gasteiger charge is -2.30. The number of ether oxygens (including phenoxy) is 1. The molecule has 140 valence electrons. The Morgan fingerprint density at radius 2 is 1.96 bits per heavy atom. The number of carbonyl (C=O) groups is 1. The summed E-state index contributed by atoms with van der Waals surface area (Å²) < 4.78 is 19.6. The molecule has 1 fully saturated rings. The number of hydrogen-bond donors (Lipinski definition) is 0. The Labute approximate surface area is 170 Å². The fraction of sp³-hybridized carbons (Fsp3) is 0.222. The van der Waals surface area contributed by atoms with Gasteiger partial charge in [-0.1, -0.05) is 36.1 Å². The molecule has 5 nitrogen and oxygen atoms in total. The van der Waals surface area contributed by atoms with Crippen LogP contribution >= 0.6 is 35.6 Å². The molecule has 1 aromatic heterocycles. The van der Waals surface area contributed by atoms with Gasteiger partial charge < -0.3 is 4.74 Å². The zero-order valence-corrected chi connectivity index (χ0v) is 17.1. The van der Waals surface area contributed by atoms with E-state index in [1.807, 2.05) is 20.8 Å². The molecule has 1 saturated heterocycles. The highest BCUT2D eigenvalue weighted by Crippen LogP contribution is 2.37. The van der Waals surface area contributed by atoms with E-state index in [4.69, 9.17) is 28.6 Å². The summed E-state index contributed by atoms with van der Waals surface area (Å²) in [4.78, 5) is 22.0. The van der Waals surface area contributed by atoms with Gasteiger partial charge >= 0.3 is 0 Å². The molecule has 1 aliphatic heterocycles. The zero-order chi connectivity index (χ0) is 19.8. The van der Waals surface area contributed by atoms with E-state index >= 15 is 0 Å². The Balaban J connectivity index is 1.78. The molecule has 0 spiro atoms. The first-order chi connectivity index (χ1) is 12.6. The van der Waals surface area contributed by atoms with Crippen molar-refractivity contribution >= 4 is 51.9 Å². The smallest absolute Gasteiger partial charge is 0.266 e. The summed E-state index contributed by atoms with van der Waals surface area (Å²) >= 11 is 12.2. The average molecular weight is 424 g/mol. The molecule has 0 unspecified atom stereocenters. The standard InChI is InChI=1S/C18H15ClFN3O2S2/c1-18(2,3)23-15(24)13(27-17(23)26)8-10-4-6-11(7-5-10)25-14-12(20)9-21-16(19)22-14/h4-9H,1-3H3/b13-8+. The third-order valence-electron chi connectivity index (χ3n) is 3.54. The van der Waals surface area contributed by atoms with E-state index in [1.54, 1.807) is 35.2 Å². The summed E-state index contributed by atoms with van der Waals surface area (Å²) in [5.74, 6) is -0.707. The third-order valence-corrected chi connectivity index (χ3v) is 5.02. The molecule has 2 aromatic rings. The predicted molar refractivity (Wildman–Crippen MR) is 108 cm³/mol. The van der Waals surface area contributed by atoms with Crippen molar-refractivity contribution < 1.29 is 13.9 Å². The fourth-order valence-corrected chi connectivity index (χ4v) is 4.11. The molecular formula is C18H15ClFN3O2S2. The van der Waals surface area contributed by atoms with E-state index in [0.717, 1.165) is 11.8 Å². The van der Waals surface area contributed by atoms with Gasteiger partial charge in [0.15, 0.2) is 0 Å². The molecule has 1 aliphatic rings. The second-order valence-electron chi connectivity index (χ2n) is 6.65. The number of aromatic nitrogens is 2. The lowest BCUT2D eigenvalue weighted by Crippen LogP contribution is -2.44. The highest BCUT2D eigenvalue weighted by molar-refractivity contribution is 8.26. The number of nitrogens with zero attached hydrogens (tertiary/aromatic N) is 3. The van der Waals surface area contributed by atoms with Crippen LogP contribution < -0.4 is 4.74 Å².